The van der Waals surface area contributed by atoms with E-state index in [-0.39, 0.29) is 11.9 Å². The second-order valence-electron chi connectivity index (χ2n) is 5.32. The molecule has 114 valence electrons. The highest BCUT2D eigenvalue weighted by atomic mass is 35.5. The van der Waals surface area contributed by atoms with Gasteiger partial charge in [0.25, 0.3) is 0 Å². The van der Waals surface area contributed by atoms with E-state index in [2.05, 4.69) is 31.5 Å². The van der Waals surface area contributed by atoms with Crippen molar-refractivity contribution >= 4 is 22.9 Å². The van der Waals surface area contributed by atoms with Crippen molar-refractivity contribution in [2.45, 2.75) is 39.2 Å². The van der Waals surface area contributed by atoms with E-state index in [0.29, 0.717) is 10.9 Å². The second-order valence-corrected chi connectivity index (χ2v) is 6.62. The lowest BCUT2D eigenvalue weighted by Crippen LogP contribution is -2.23. The van der Waals surface area contributed by atoms with Crippen LogP contribution in [0.2, 0.25) is 5.02 Å². The van der Waals surface area contributed by atoms with Crippen molar-refractivity contribution in [2.75, 3.05) is 6.54 Å². The smallest absolute Gasteiger partial charge is 0.124 e. The van der Waals surface area contributed by atoms with E-state index in [1.807, 2.05) is 0 Å². The van der Waals surface area contributed by atoms with Crippen molar-refractivity contribution in [3.8, 4) is 0 Å². The number of hydrogen-bond donors (Lipinski definition) is 1. The molecule has 0 saturated heterocycles. The molecule has 2 rings (SSSR count). The van der Waals surface area contributed by atoms with E-state index in [9.17, 15) is 4.39 Å². The highest BCUT2D eigenvalue weighted by molar-refractivity contribution is 7.09. The van der Waals surface area contributed by atoms with Crippen LogP contribution in [0.3, 0.4) is 0 Å². The number of hydrogen-bond acceptors (Lipinski definition) is 3. The van der Waals surface area contributed by atoms with Crippen molar-refractivity contribution in [1.29, 1.82) is 0 Å². The van der Waals surface area contributed by atoms with Gasteiger partial charge in [-0.1, -0.05) is 38.4 Å². The molecule has 0 saturated carbocycles. The first-order valence-corrected chi connectivity index (χ1v) is 8.42. The van der Waals surface area contributed by atoms with Gasteiger partial charge in [0.05, 0.1) is 11.7 Å². The normalized spacial score (nSPS) is 12.9. The van der Waals surface area contributed by atoms with Gasteiger partial charge in [0.1, 0.15) is 10.8 Å². The highest BCUT2D eigenvalue weighted by Crippen LogP contribution is 2.32. The molecule has 0 aliphatic carbocycles. The van der Waals surface area contributed by atoms with Crippen LogP contribution in [0.15, 0.2) is 23.6 Å². The molecule has 2 aromatic rings. The molecular weight excluding hydrogens is 307 g/mol. The summed E-state index contributed by atoms with van der Waals surface area (Å²) in [6.07, 6.45) is 1.01. The maximum absolute atomic E-state index is 13.3. The maximum atomic E-state index is 13.3. The molecule has 21 heavy (non-hydrogen) atoms. The van der Waals surface area contributed by atoms with E-state index < -0.39 is 0 Å². The third kappa shape index (κ3) is 4.02. The first-order valence-electron chi connectivity index (χ1n) is 7.16. The van der Waals surface area contributed by atoms with Crippen LogP contribution >= 0.6 is 22.9 Å². The largest absolute Gasteiger partial charge is 0.304 e. The fraction of sp³-hybridized carbons (Fsp3) is 0.438. The zero-order chi connectivity index (χ0) is 15.4. The summed E-state index contributed by atoms with van der Waals surface area (Å²) < 4.78 is 13.3. The third-order valence-electron chi connectivity index (χ3n) is 3.25. The average molecular weight is 327 g/mol. The molecule has 0 bridgehead atoms. The molecule has 0 radical (unpaired) electrons. The van der Waals surface area contributed by atoms with Crippen LogP contribution in [0, 0.1) is 5.82 Å². The standard InChI is InChI=1S/C16H20ClFN2S/c1-4-7-19-15(12-6-5-11(18)8-13(12)17)16-20-14(9-21-16)10(2)3/h5-6,8-10,15,19H,4,7H2,1-3H3. The predicted molar refractivity (Wildman–Crippen MR) is 87.7 cm³/mol. The number of benzene rings is 1. The number of aromatic nitrogens is 1. The fourth-order valence-corrected chi connectivity index (χ4v) is 3.40. The minimum Gasteiger partial charge on any atom is -0.304 e. The first-order chi connectivity index (χ1) is 10.0. The Morgan fingerprint density at radius 1 is 1.38 bits per heavy atom. The maximum Gasteiger partial charge on any atom is 0.124 e. The Kier molecular flexibility index (Phi) is 5.73. The van der Waals surface area contributed by atoms with Crippen LogP contribution in [-0.2, 0) is 0 Å². The molecule has 2 nitrogen and oxygen atoms in total. The lowest BCUT2D eigenvalue weighted by atomic mass is 10.1. The molecule has 1 N–H and O–H groups in total. The summed E-state index contributed by atoms with van der Waals surface area (Å²) in [6, 6.07) is 4.45. The lowest BCUT2D eigenvalue weighted by Gasteiger charge is -2.18. The summed E-state index contributed by atoms with van der Waals surface area (Å²) in [6.45, 7) is 7.21. The van der Waals surface area contributed by atoms with Crippen LogP contribution in [0.1, 0.15) is 55.4 Å². The van der Waals surface area contributed by atoms with Gasteiger partial charge in [-0.05, 0) is 36.6 Å². The predicted octanol–water partition coefficient (Wildman–Crippen LogP) is 5.15. The molecule has 1 unspecified atom stereocenters. The zero-order valence-corrected chi connectivity index (χ0v) is 14.1. The van der Waals surface area contributed by atoms with Gasteiger partial charge in [0, 0.05) is 10.4 Å². The van der Waals surface area contributed by atoms with Gasteiger partial charge in [-0.3, -0.25) is 0 Å². The van der Waals surface area contributed by atoms with Crippen molar-refractivity contribution in [2.24, 2.45) is 0 Å². The van der Waals surface area contributed by atoms with Crippen LogP contribution in [-0.4, -0.2) is 11.5 Å². The Labute approximate surface area is 134 Å². The van der Waals surface area contributed by atoms with Crippen LogP contribution in [0.4, 0.5) is 4.39 Å². The minimum atomic E-state index is -0.319. The number of thiazole rings is 1. The van der Waals surface area contributed by atoms with Crippen molar-refractivity contribution < 1.29 is 4.39 Å². The Morgan fingerprint density at radius 2 is 2.14 bits per heavy atom. The first kappa shape index (κ1) is 16.4. The summed E-state index contributed by atoms with van der Waals surface area (Å²) in [5.41, 5.74) is 1.95. The Balaban J connectivity index is 2.36. The third-order valence-corrected chi connectivity index (χ3v) is 4.51. The summed E-state index contributed by atoms with van der Waals surface area (Å²) in [5, 5.41) is 6.94. The van der Waals surface area contributed by atoms with Gasteiger partial charge in [-0.25, -0.2) is 9.37 Å². The van der Waals surface area contributed by atoms with Crippen molar-refractivity contribution in [3.63, 3.8) is 0 Å². The molecule has 0 amide bonds. The van der Waals surface area contributed by atoms with Crippen LogP contribution < -0.4 is 5.32 Å². The van der Waals surface area contributed by atoms with E-state index in [0.717, 1.165) is 29.2 Å². The highest BCUT2D eigenvalue weighted by Gasteiger charge is 2.20. The number of halogens is 2. The lowest BCUT2D eigenvalue weighted by molar-refractivity contribution is 0.588. The number of rotatable bonds is 6. The molecule has 1 aromatic carbocycles. The molecule has 1 aromatic heterocycles. The van der Waals surface area contributed by atoms with Gasteiger partial charge in [0.2, 0.25) is 0 Å². The molecule has 0 fully saturated rings. The summed E-state index contributed by atoms with van der Waals surface area (Å²) >= 11 is 7.84. The van der Waals surface area contributed by atoms with Crippen LogP contribution in [0.5, 0.6) is 0 Å². The fourth-order valence-electron chi connectivity index (χ4n) is 2.05. The summed E-state index contributed by atoms with van der Waals surface area (Å²) in [5.74, 6) is 0.0746. The quantitative estimate of drug-likeness (QED) is 0.794. The van der Waals surface area contributed by atoms with E-state index in [1.54, 1.807) is 17.4 Å². The number of nitrogens with one attached hydrogen (secondary N) is 1. The van der Waals surface area contributed by atoms with E-state index in [4.69, 9.17) is 16.6 Å². The van der Waals surface area contributed by atoms with Crippen LogP contribution in [0.25, 0.3) is 0 Å². The molecule has 1 atom stereocenters. The molecule has 0 spiro atoms. The topological polar surface area (TPSA) is 24.9 Å². The van der Waals surface area contributed by atoms with Gasteiger partial charge in [-0.15, -0.1) is 11.3 Å². The molecule has 0 aliphatic heterocycles. The van der Waals surface area contributed by atoms with Crippen molar-refractivity contribution in [1.82, 2.24) is 10.3 Å². The van der Waals surface area contributed by atoms with Crippen molar-refractivity contribution in [3.05, 3.63) is 50.7 Å². The summed E-state index contributed by atoms with van der Waals surface area (Å²) in [7, 11) is 0. The second kappa shape index (κ2) is 7.34. The zero-order valence-electron chi connectivity index (χ0n) is 12.5. The molecular formula is C16H20ClFN2S. The van der Waals surface area contributed by atoms with Gasteiger partial charge >= 0.3 is 0 Å². The van der Waals surface area contributed by atoms with Gasteiger partial charge < -0.3 is 5.32 Å². The molecule has 5 heteroatoms. The Morgan fingerprint density at radius 3 is 2.71 bits per heavy atom. The average Bonchev–Trinajstić information content (AvgIpc) is 2.91. The molecule has 1 heterocycles. The monoisotopic (exact) mass is 326 g/mol. The molecule has 0 aliphatic rings. The van der Waals surface area contributed by atoms with Gasteiger partial charge in [0.15, 0.2) is 0 Å². The summed E-state index contributed by atoms with van der Waals surface area (Å²) in [4.78, 5) is 4.71. The Hall–Kier alpha value is -0.970. The van der Waals surface area contributed by atoms with Gasteiger partial charge in [-0.2, -0.15) is 0 Å². The minimum absolute atomic E-state index is 0.0875. The SMILES string of the molecule is CCCNC(c1nc(C(C)C)cs1)c1ccc(F)cc1Cl. The number of nitrogens with zero attached hydrogens (tertiary/aromatic N) is 1. The van der Waals surface area contributed by atoms with E-state index in [1.165, 1.54) is 12.1 Å². The van der Waals surface area contributed by atoms with E-state index >= 15 is 0 Å². The Bertz CT molecular complexity index is 598.